The van der Waals surface area contributed by atoms with E-state index in [0.717, 1.165) is 35.7 Å². The predicted octanol–water partition coefficient (Wildman–Crippen LogP) is 5.62. The van der Waals surface area contributed by atoms with Crippen molar-refractivity contribution in [1.29, 1.82) is 0 Å². The summed E-state index contributed by atoms with van der Waals surface area (Å²) >= 11 is 0. The van der Waals surface area contributed by atoms with Gasteiger partial charge in [0.25, 0.3) is 5.56 Å². The van der Waals surface area contributed by atoms with Crippen LogP contribution in [0.1, 0.15) is 102 Å². The molecule has 6 atom stereocenters. The smallest absolute Gasteiger partial charge is 0.306 e. The van der Waals surface area contributed by atoms with Gasteiger partial charge in [0.15, 0.2) is 5.69 Å². The Morgan fingerprint density at radius 1 is 0.925 bits per heavy atom. The van der Waals surface area contributed by atoms with E-state index in [-0.39, 0.29) is 36.1 Å². The molecule has 3 heterocycles. The van der Waals surface area contributed by atoms with Crippen LogP contribution in [0.15, 0.2) is 34.2 Å². The van der Waals surface area contributed by atoms with E-state index in [2.05, 4.69) is 10.1 Å². The second-order valence-corrected chi connectivity index (χ2v) is 12.5. The number of nitrogens with zero attached hydrogens (tertiary/aromatic N) is 4. The van der Waals surface area contributed by atoms with E-state index in [9.17, 15) is 9.59 Å². The standard InChI is InChI=1S/C32H44N4O4/c1-3-40-30(37)15-14-28(34-39-2)31-32(38)36(29-13-5-4-12-27(29)33-31)26-19-23-10-7-11-24(20-26)35(23)25-17-21-8-6-9-22(16-21)18-25/h4-5,12-13,21-26H,3,6-11,14-20H2,1-2H3/t21-,22?,23+,24?,25?,26-/m0/s1. The Kier molecular flexibility index (Phi) is 8.24. The molecule has 0 N–H and O–H groups in total. The Morgan fingerprint density at radius 2 is 1.62 bits per heavy atom. The molecule has 2 aliphatic carbocycles. The minimum Gasteiger partial charge on any atom is -0.466 e. The van der Waals surface area contributed by atoms with Crippen LogP contribution in [0.25, 0.3) is 11.0 Å². The van der Waals surface area contributed by atoms with Gasteiger partial charge in [0.2, 0.25) is 0 Å². The zero-order valence-electron chi connectivity index (χ0n) is 24.1. The summed E-state index contributed by atoms with van der Waals surface area (Å²) in [6.07, 6.45) is 14.5. The Labute approximate surface area is 237 Å². The number of esters is 1. The topological polar surface area (TPSA) is 86.0 Å². The van der Waals surface area contributed by atoms with Crippen LogP contribution in [0, 0.1) is 11.8 Å². The van der Waals surface area contributed by atoms with Gasteiger partial charge in [-0.2, -0.15) is 0 Å². The maximum atomic E-state index is 14.2. The second kappa shape index (κ2) is 12.0. The molecule has 0 spiro atoms. The number of hydrogen-bond acceptors (Lipinski definition) is 7. The van der Waals surface area contributed by atoms with Gasteiger partial charge in [0.1, 0.15) is 12.8 Å². The molecule has 2 saturated carbocycles. The molecule has 40 heavy (non-hydrogen) atoms. The van der Waals surface area contributed by atoms with Crippen molar-refractivity contribution in [2.75, 3.05) is 13.7 Å². The molecule has 1 aromatic carbocycles. The molecule has 0 amide bonds. The Morgan fingerprint density at radius 3 is 2.33 bits per heavy atom. The molecular formula is C32H44N4O4. The minimum absolute atomic E-state index is 0.114. The van der Waals surface area contributed by atoms with Gasteiger partial charge in [-0.15, -0.1) is 0 Å². The fourth-order valence-electron chi connectivity index (χ4n) is 8.61. The summed E-state index contributed by atoms with van der Waals surface area (Å²) in [7, 11) is 1.46. The summed E-state index contributed by atoms with van der Waals surface area (Å²) in [4.78, 5) is 39.1. The first-order chi connectivity index (χ1) is 19.6. The Hall–Kier alpha value is -2.74. The molecule has 1 aromatic heterocycles. The first-order valence-electron chi connectivity index (χ1n) is 15.6. The van der Waals surface area contributed by atoms with Crippen molar-refractivity contribution in [3.05, 3.63) is 40.3 Å². The van der Waals surface area contributed by atoms with Crippen LogP contribution in [-0.4, -0.2) is 58.0 Å². The molecule has 8 nitrogen and oxygen atoms in total. The van der Waals surface area contributed by atoms with Crippen molar-refractivity contribution in [3.63, 3.8) is 0 Å². The Balaban J connectivity index is 1.32. The zero-order valence-corrected chi connectivity index (χ0v) is 24.1. The molecule has 8 heteroatoms. The molecular weight excluding hydrogens is 504 g/mol. The fourth-order valence-corrected chi connectivity index (χ4v) is 8.61. The van der Waals surface area contributed by atoms with E-state index in [1.807, 2.05) is 28.8 Å². The van der Waals surface area contributed by atoms with E-state index in [1.165, 1.54) is 64.9 Å². The molecule has 216 valence electrons. The van der Waals surface area contributed by atoms with Crippen LogP contribution in [0.5, 0.6) is 0 Å². The molecule has 4 aliphatic rings. The van der Waals surface area contributed by atoms with E-state index >= 15 is 0 Å². The van der Waals surface area contributed by atoms with Crippen molar-refractivity contribution in [2.45, 2.75) is 115 Å². The van der Waals surface area contributed by atoms with Crippen LogP contribution in [-0.2, 0) is 14.4 Å². The van der Waals surface area contributed by atoms with Gasteiger partial charge in [-0.05, 0) is 75.8 Å². The number of piperidine rings is 2. The number of para-hydroxylation sites is 2. The SMILES string of the molecule is CCOC(=O)CCC(=NOC)c1nc2ccccc2n([C@@H]2CC3CCC[C@H](C2)N3C2CC3CCC[C@@H](C3)C2)c1=O. The minimum atomic E-state index is -0.320. The average Bonchev–Trinajstić information content (AvgIpc) is 2.94. The Bertz CT molecular complexity index is 1280. The highest BCUT2D eigenvalue weighted by Gasteiger charge is 2.45. The van der Waals surface area contributed by atoms with Crippen LogP contribution >= 0.6 is 0 Å². The monoisotopic (exact) mass is 548 g/mol. The van der Waals surface area contributed by atoms with Crippen molar-refractivity contribution in [1.82, 2.24) is 14.5 Å². The second-order valence-electron chi connectivity index (χ2n) is 12.5. The lowest BCUT2D eigenvalue weighted by atomic mass is 9.68. The normalized spacial score (nSPS) is 30.7. The number of ether oxygens (including phenoxy) is 1. The first kappa shape index (κ1) is 27.4. The lowest BCUT2D eigenvalue weighted by Gasteiger charge is -2.55. The van der Waals surface area contributed by atoms with Gasteiger partial charge in [-0.1, -0.05) is 43.0 Å². The number of fused-ring (bicyclic) bond motifs is 5. The van der Waals surface area contributed by atoms with Crippen molar-refractivity contribution in [2.24, 2.45) is 17.0 Å². The third-order valence-corrected chi connectivity index (χ3v) is 10.0. The largest absolute Gasteiger partial charge is 0.466 e. The molecule has 4 fully saturated rings. The molecule has 2 aromatic rings. The van der Waals surface area contributed by atoms with E-state index in [4.69, 9.17) is 14.6 Å². The molecule has 4 bridgehead atoms. The number of rotatable bonds is 8. The van der Waals surface area contributed by atoms with Gasteiger partial charge < -0.3 is 14.1 Å². The van der Waals surface area contributed by atoms with Crippen LogP contribution in [0.2, 0.25) is 0 Å². The van der Waals surface area contributed by atoms with Crippen LogP contribution < -0.4 is 5.56 Å². The lowest BCUT2D eigenvalue weighted by molar-refractivity contribution is -0.142. The maximum Gasteiger partial charge on any atom is 0.306 e. The number of carbonyl (C=O) groups is 1. The highest BCUT2D eigenvalue weighted by atomic mass is 16.6. The summed E-state index contributed by atoms with van der Waals surface area (Å²) < 4.78 is 7.11. The number of hydrogen-bond donors (Lipinski definition) is 0. The average molecular weight is 549 g/mol. The zero-order chi connectivity index (χ0) is 27.6. The van der Waals surface area contributed by atoms with Crippen molar-refractivity contribution >= 4 is 22.7 Å². The van der Waals surface area contributed by atoms with Gasteiger partial charge in [0.05, 0.1) is 24.1 Å². The summed E-state index contributed by atoms with van der Waals surface area (Å²) in [6.45, 7) is 2.10. The van der Waals surface area contributed by atoms with E-state index in [1.54, 1.807) is 6.92 Å². The summed E-state index contributed by atoms with van der Waals surface area (Å²) in [5.74, 6) is 1.51. The number of oxime groups is 1. The highest BCUT2D eigenvalue weighted by Crippen LogP contribution is 2.47. The quantitative estimate of drug-likeness (QED) is 0.242. The molecule has 2 aliphatic heterocycles. The summed E-state index contributed by atoms with van der Waals surface area (Å²) in [5.41, 5.74) is 2.18. The molecule has 6 rings (SSSR count). The number of carbonyl (C=O) groups excluding carboxylic acids is 1. The third kappa shape index (κ3) is 5.44. The van der Waals surface area contributed by atoms with Gasteiger partial charge in [-0.3, -0.25) is 14.5 Å². The van der Waals surface area contributed by atoms with E-state index in [0.29, 0.717) is 30.4 Å². The van der Waals surface area contributed by atoms with Crippen molar-refractivity contribution in [3.8, 4) is 0 Å². The molecule has 2 saturated heterocycles. The summed E-state index contributed by atoms with van der Waals surface area (Å²) in [5, 5.41) is 4.16. The maximum absolute atomic E-state index is 14.2. The third-order valence-electron chi connectivity index (χ3n) is 10.0. The summed E-state index contributed by atoms with van der Waals surface area (Å²) in [6, 6.07) is 9.80. The number of aromatic nitrogens is 2. The lowest BCUT2D eigenvalue weighted by Crippen LogP contribution is -2.58. The first-order valence-corrected chi connectivity index (χ1v) is 15.6. The highest BCUT2D eigenvalue weighted by molar-refractivity contribution is 6.00. The molecule has 0 radical (unpaired) electrons. The predicted molar refractivity (Wildman–Crippen MR) is 155 cm³/mol. The van der Waals surface area contributed by atoms with E-state index < -0.39 is 0 Å². The number of benzene rings is 1. The van der Waals surface area contributed by atoms with Crippen molar-refractivity contribution < 1.29 is 14.4 Å². The van der Waals surface area contributed by atoms with Crippen LogP contribution in [0.4, 0.5) is 0 Å². The van der Waals surface area contributed by atoms with Gasteiger partial charge in [-0.25, -0.2) is 4.98 Å². The van der Waals surface area contributed by atoms with Gasteiger partial charge >= 0.3 is 5.97 Å². The van der Waals surface area contributed by atoms with Crippen LogP contribution in [0.3, 0.4) is 0 Å². The fraction of sp³-hybridized carbons (Fsp3) is 0.688. The van der Waals surface area contributed by atoms with Gasteiger partial charge in [0, 0.05) is 30.6 Å². The molecule has 3 unspecified atom stereocenters.